The van der Waals surface area contributed by atoms with E-state index in [0.29, 0.717) is 38.3 Å². The molecule has 0 radical (unpaired) electrons. The lowest BCUT2D eigenvalue weighted by atomic mass is 10.2. The molecule has 138 valence electrons. The van der Waals surface area contributed by atoms with Gasteiger partial charge in [0.25, 0.3) is 5.91 Å². The number of nitrogens with zero attached hydrogens (tertiary/aromatic N) is 2. The van der Waals surface area contributed by atoms with Gasteiger partial charge in [0.15, 0.2) is 0 Å². The molecule has 2 heterocycles. The molecule has 0 bridgehead atoms. The van der Waals surface area contributed by atoms with Crippen molar-refractivity contribution >= 4 is 15.9 Å². The van der Waals surface area contributed by atoms with E-state index in [9.17, 15) is 13.2 Å². The van der Waals surface area contributed by atoms with Crippen LogP contribution in [-0.4, -0.2) is 76.0 Å². The maximum atomic E-state index is 12.8. The highest BCUT2D eigenvalue weighted by Gasteiger charge is 2.28. The highest BCUT2D eigenvalue weighted by atomic mass is 32.2. The fraction of sp³-hybridized carbons (Fsp3) is 0.588. The maximum Gasteiger partial charge on any atom is 0.251 e. The molecule has 2 aliphatic rings. The minimum absolute atomic E-state index is 0.0567. The van der Waals surface area contributed by atoms with Gasteiger partial charge < -0.3 is 15.0 Å². The van der Waals surface area contributed by atoms with Crippen molar-refractivity contribution in [2.75, 3.05) is 46.4 Å². The van der Waals surface area contributed by atoms with Crippen LogP contribution in [0.4, 0.5) is 0 Å². The lowest BCUT2D eigenvalue weighted by Gasteiger charge is -2.31. The van der Waals surface area contributed by atoms with Crippen LogP contribution in [0.2, 0.25) is 0 Å². The molecule has 0 saturated carbocycles. The number of ether oxygens (including phenoxy) is 1. The van der Waals surface area contributed by atoms with Crippen LogP contribution in [0.5, 0.6) is 0 Å². The van der Waals surface area contributed by atoms with Crippen molar-refractivity contribution in [3.05, 3.63) is 29.8 Å². The van der Waals surface area contributed by atoms with E-state index in [2.05, 4.69) is 10.2 Å². The number of piperazine rings is 1. The van der Waals surface area contributed by atoms with Crippen LogP contribution >= 0.6 is 0 Å². The van der Waals surface area contributed by atoms with E-state index in [1.165, 1.54) is 10.4 Å². The number of benzene rings is 1. The van der Waals surface area contributed by atoms with Gasteiger partial charge in [0, 0.05) is 44.9 Å². The average Bonchev–Trinajstić information content (AvgIpc) is 3.14. The first kappa shape index (κ1) is 18.3. The SMILES string of the molecule is CN1CCN(S(=O)(=O)c2cccc(C(=O)NC[C@H]3CCCO3)c2)CC1. The second-order valence-corrected chi connectivity index (χ2v) is 8.52. The van der Waals surface area contributed by atoms with E-state index in [0.717, 1.165) is 19.4 Å². The Kier molecular flexibility index (Phi) is 5.73. The summed E-state index contributed by atoms with van der Waals surface area (Å²) in [6.45, 7) is 3.54. The standard InChI is InChI=1S/C17H25N3O4S/c1-19-7-9-20(10-8-19)25(22,23)16-6-2-4-14(12-16)17(21)18-13-15-5-3-11-24-15/h2,4,6,12,15H,3,5,7-11,13H2,1H3,(H,18,21)/t15-/m1/s1. The Morgan fingerprint density at radius 3 is 2.72 bits per heavy atom. The minimum atomic E-state index is -3.57. The maximum absolute atomic E-state index is 12.8. The Bertz CT molecular complexity index is 708. The first-order chi connectivity index (χ1) is 12.0. The van der Waals surface area contributed by atoms with Crippen LogP contribution in [0.3, 0.4) is 0 Å². The molecule has 3 rings (SSSR count). The van der Waals surface area contributed by atoms with E-state index >= 15 is 0 Å². The van der Waals surface area contributed by atoms with Crippen molar-refractivity contribution in [2.24, 2.45) is 0 Å². The zero-order valence-electron chi connectivity index (χ0n) is 14.5. The van der Waals surface area contributed by atoms with Gasteiger partial charge in [-0.15, -0.1) is 0 Å². The molecule has 1 aromatic carbocycles. The lowest BCUT2D eigenvalue weighted by molar-refractivity contribution is 0.0857. The van der Waals surface area contributed by atoms with Crippen molar-refractivity contribution in [1.29, 1.82) is 0 Å². The van der Waals surface area contributed by atoms with Crippen molar-refractivity contribution in [1.82, 2.24) is 14.5 Å². The summed E-state index contributed by atoms with van der Waals surface area (Å²) in [4.78, 5) is 14.6. The van der Waals surface area contributed by atoms with E-state index < -0.39 is 10.0 Å². The molecule has 1 aromatic rings. The zero-order chi connectivity index (χ0) is 17.9. The second-order valence-electron chi connectivity index (χ2n) is 6.58. The third-order valence-corrected chi connectivity index (χ3v) is 6.61. The van der Waals surface area contributed by atoms with Gasteiger partial charge in [-0.2, -0.15) is 4.31 Å². The summed E-state index contributed by atoms with van der Waals surface area (Å²) in [5.74, 6) is -0.272. The summed E-state index contributed by atoms with van der Waals surface area (Å²) in [6.07, 6.45) is 2.01. The molecule has 0 spiro atoms. The number of likely N-dealkylation sites (N-methyl/N-ethyl adjacent to an activating group) is 1. The fourth-order valence-corrected chi connectivity index (χ4v) is 4.56. The minimum Gasteiger partial charge on any atom is -0.376 e. The summed E-state index contributed by atoms with van der Waals surface area (Å²) in [5.41, 5.74) is 0.355. The molecule has 8 heteroatoms. The van der Waals surface area contributed by atoms with Gasteiger partial charge in [0.05, 0.1) is 11.0 Å². The number of nitrogens with one attached hydrogen (secondary N) is 1. The first-order valence-electron chi connectivity index (χ1n) is 8.65. The smallest absolute Gasteiger partial charge is 0.251 e. The highest BCUT2D eigenvalue weighted by Crippen LogP contribution is 2.19. The third kappa shape index (κ3) is 4.38. The molecule has 25 heavy (non-hydrogen) atoms. The van der Waals surface area contributed by atoms with Crippen molar-refractivity contribution < 1.29 is 17.9 Å². The topological polar surface area (TPSA) is 79.0 Å². The Morgan fingerprint density at radius 1 is 1.28 bits per heavy atom. The monoisotopic (exact) mass is 367 g/mol. The molecular formula is C17H25N3O4S. The summed E-state index contributed by atoms with van der Waals surface area (Å²) in [7, 11) is -1.59. The molecule has 2 saturated heterocycles. The zero-order valence-corrected chi connectivity index (χ0v) is 15.3. The Labute approximate surface area is 149 Å². The van der Waals surface area contributed by atoms with Crippen molar-refractivity contribution in [2.45, 2.75) is 23.8 Å². The van der Waals surface area contributed by atoms with Gasteiger partial charge in [-0.3, -0.25) is 4.79 Å². The number of amides is 1. The lowest BCUT2D eigenvalue weighted by Crippen LogP contribution is -2.47. The highest BCUT2D eigenvalue weighted by molar-refractivity contribution is 7.89. The molecule has 7 nitrogen and oxygen atoms in total. The Balaban J connectivity index is 1.68. The van der Waals surface area contributed by atoms with Crippen LogP contribution in [0, 0.1) is 0 Å². The van der Waals surface area contributed by atoms with Crippen LogP contribution in [0.15, 0.2) is 29.2 Å². The molecule has 0 aromatic heterocycles. The number of rotatable bonds is 5. The third-order valence-electron chi connectivity index (χ3n) is 4.71. The number of carbonyl (C=O) groups excluding carboxylic acids is 1. The van der Waals surface area contributed by atoms with Gasteiger partial charge >= 0.3 is 0 Å². The molecule has 0 aliphatic carbocycles. The van der Waals surface area contributed by atoms with E-state index in [1.807, 2.05) is 7.05 Å². The van der Waals surface area contributed by atoms with Crippen LogP contribution in [0.25, 0.3) is 0 Å². The molecular weight excluding hydrogens is 342 g/mol. The number of sulfonamides is 1. The van der Waals surface area contributed by atoms with Gasteiger partial charge in [-0.1, -0.05) is 6.07 Å². The normalized spacial score (nSPS) is 22.8. The summed E-state index contributed by atoms with van der Waals surface area (Å²) in [5, 5.41) is 2.83. The predicted molar refractivity (Wildman–Crippen MR) is 94.0 cm³/mol. The van der Waals surface area contributed by atoms with Crippen LogP contribution in [0.1, 0.15) is 23.2 Å². The molecule has 1 N–H and O–H groups in total. The van der Waals surface area contributed by atoms with E-state index in [1.54, 1.807) is 18.2 Å². The first-order valence-corrected chi connectivity index (χ1v) is 10.1. The van der Waals surface area contributed by atoms with E-state index in [-0.39, 0.29) is 16.9 Å². The van der Waals surface area contributed by atoms with Crippen molar-refractivity contribution in [3.8, 4) is 0 Å². The summed E-state index contributed by atoms with van der Waals surface area (Å²) >= 11 is 0. The molecule has 2 fully saturated rings. The Hall–Kier alpha value is -1.48. The van der Waals surface area contributed by atoms with E-state index in [4.69, 9.17) is 4.74 Å². The van der Waals surface area contributed by atoms with Gasteiger partial charge in [0.1, 0.15) is 0 Å². The van der Waals surface area contributed by atoms with Gasteiger partial charge in [0.2, 0.25) is 10.0 Å². The van der Waals surface area contributed by atoms with Crippen molar-refractivity contribution in [3.63, 3.8) is 0 Å². The number of hydrogen-bond donors (Lipinski definition) is 1. The Morgan fingerprint density at radius 2 is 2.04 bits per heavy atom. The van der Waals surface area contributed by atoms with Crippen LogP contribution in [-0.2, 0) is 14.8 Å². The van der Waals surface area contributed by atoms with Crippen LogP contribution < -0.4 is 5.32 Å². The second kappa shape index (κ2) is 7.82. The van der Waals surface area contributed by atoms with Gasteiger partial charge in [-0.25, -0.2) is 8.42 Å². The largest absolute Gasteiger partial charge is 0.376 e. The molecule has 2 aliphatic heterocycles. The molecule has 0 unspecified atom stereocenters. The quantitative estimate of drug-likeness (QED) is 0.821. The average molecular weight is 367 g/mol. The predicted octanol–water partition coefficient (Wildman–Crippen LogP) is 0.532. The molecule has 1 atom stereocenters. The summed E-state index contributed by atoms with van der Waals surface area (Å²) in [6, 6.07) is 6.25. The number of hydrogen-bond acceptors (Lipinski definition) is 5. The molecule has 1 amide bonds. The fourth-order valence-electron chi connectivity index (χ4n) is 3.09. The number of carbonyl (C=O) groups is 1. The van der Waals surface area contributed by atoms with Gasteiger partial charge in [-0.05, 0) is 38.1 Å². The summed E-state index contributed by atoms with van der Waals surface area (Å²) < 4.78 is 32.5.